The maximum atomic E-state index is 14.9. The molecule has 1 heterocycles. The normalized spacial score (nSPS) is 13.2. The van der Waals surface area contributed by atoms with Crippen molar-refractivity contribution in [2.45, 2.75) is 33.1 Å². The topological polar surface area (TPSA) is 41.2 Å². The maximum Gasteiger partial charge on any atom is 0.155 e. The molecule has 1 aliphatic rings. The van der Waals surface area contributed by atoms with E-state index < -0.39 is 5.41 Å². The largest absolute Gasteiger partial charge is 0.512 e. The molecule has 0 unspecified atom stereocenters. The molecule has 0 fully saturated rings. The van der Waals surface area contributed by atoms with Crippen molar-refractivity contribution in [2.75, 3.05) is 0 Å². The minimum absolute atomic E-state index is 0. The van der Waals surface area contributed by atoms with Gasteiger partial charge in [-0.05, 0) is 41.3 Å². The Balaban J connectivity index is 0.000000378. The van der Waals surface area contributed by atoms with Gasteiger partial charge < -0.3 is 9.67 Å². The van der Waals surface area contributed by atoms with Crippen LogP contribution >= 0.6 is 0 Å². The number of hydrogen-bond acceptors (Lipinski definition) is 2. The van der Waals surface area contributed by atoms with E-state index in [0.29, 0.717) is 5.56 Å². The van der Waals surface area contributed by atoms with Crippen molar-refractivity contribution in [3.05, 3.63) is 109 Å². The van der Waals surface area contributed by atoms with Gasteiger partial charge >= 0.3 is 0 Å². The first-order valence-electron chi connectivity index (χ1n) is 11.1. The zero-order chi connectivity index (χ0) is 24.6. The predicted octanol–water partition coefficient (Wildman–Crippen LogP) is 6.71. The minimum Gasteiger partial charge on any atom is -0.512 e. The van der Waals surface area contributed by atoms with Gasteiger partial charge in [0.15, 0.2) is 5.78 Å². The third kappa shape index (κ3) is 4.79. The molecule has 0 saturated heterocycles. The molecule has 5 heteroatoms. The molecule has 1 N–H and O–H groups in total. The number of ketones is 1. The van der Waals surface area contributed by atoms with Gasteiger partial charge in [0.25, 0.3) is 0 Å². The summed E-state index contributed by atoms with van der Waals surface area (Å²) < 4.78 is 16.7. The first kappa shape index (κ1) is 26.3. The molecule has 0 aliphatic heterocycles. The molecule has 3 aromatic carbocycles. The Labute approximate surface area is 219 Å². The second-order valence-corrected chi connectivity index (χ2v) is 9.05. The fourth-order valence-corrected chi connectivity index (χ4v) is 4.80. The van der Waals surface area contributed by atoms with Gasteiger partial charge in [-0.15, -0.1) is 18.2 Å². The molecule has 4 aromatic rings. The number of fused-ring (bicyclic) bond motifs is 2. The molecular formula is C30H27FIrNO2-. The van der Waals surface area contributed by atoms with Crippen molar-refractivity contribution in [3.63, 3.8) is 0 Å². The summed E-state index contributed by atoms with van der Waals surface area (Å²) >= 11 is 0. The molecular weight excluding hydrogens is 618 g/mol. The van der Waals surface area contributed by atoms with Crippen molar-refractivity contribution in [3.8, 4) is 22.4 Å². The monoisotopic (exact) mass is 645 g/mol. The van der Waals surface area contributed by atoms with Crippen LogP contribution < -0.4 is 4.57 Å². The molecule has 0 saturated carbocycles. The number of hydrogen-bond donors (Lipinski definition) is 1. The average molecular weight is 645 g/mol. The molecule has 0 amide bonds. The Kier molecular flexibility index (Phi) is 7.64. The number of rotatable bonds is 2. The summed E-state index contributed by atoms with van der Waals surface area (Å²) in [6, 6.07) is 23.1. The van der Waals surface area contributed by atoms with E-state index in [9.17, 15) is 9.18 Å². The van der Waals surface area contributed by atoms with E-state index in [2.05, 4.69) is 57.3 Å². The fraction of sp³-hybridized carbons (Fsp3) is 0.167. The number of aliphatic hydroxyl groups is 1. The zero-order valence-corrected chi connectivity index (χ0v) is 22.5. The molecule has 5 rings (SSSR count). The minimum atomic E-state index is -0.452. The molecule has 1 aliphatic carbocycles. The molecule has 35 heavy (non-hydrogen) atoms. The maximum absolute atomic E-state index is 14.9. The Hall–Kier alpha value is -3.27. The van der Waals surface area contributed by atoms with Gasteiger partial charge in [-0.25, -0.2) is 4.39 Å². The number of nitrogens with zero attached hydrogens (tertiary/aromatic N) is 1. The Bertz CT molecular complexity index is 1440. The average Bonchev–Trinajstić information content (AvgIpc) is 2.77. The van der Waals surface area contributed by atoms with Crippen LogP contribution in [-0.4, -0.2) is 10.9 Å². The van der Waals surface area contributed by atoms with E-state index in [1.807, 2.05) is 29.0 Å². The fourth-order valence-electron chi connectivity index (χ4n) is 4.80. The van der Waals surface area contributed by atoms with E-state index in [-0.39, 0.29) is 37.5 Å². The first-order chi connectivity index (χ1) is 16.1. The summed E-state index contributed by atoms with van der Waals surface area (Å²) in [5.74, 6) is -0.254. The number of pyridine rings is 1. The second kappa shape index (κ2) is 10.1. The number of allylic oxidation sites excluding steroid dienone is 2. The number of halogens is 1. The van der Waals surface area contributed by atoms with Crippen LogP contribution in [0.25, 0.3) is 33.2 Å². The van der Waals surface area contributed by atoms with Gasteiger partial charge in [-0.3, -0.25) is 4.79 Å². The molecule has 181 valence electrons. The van der Waals surface area contributed by atoms with Gasteiger partial charge in [0, 0.05) is 44.4 Å². The summed E-state index contributed by atoms with van der Waals surface area (Å²) in [5, 5.41) is 10.7. The van der Waals surface area contributed by atoms with Crippen molar-refractivity contribution in [1.82, 2.24) is 0 Å². The van der Waals surface area contributed by atoms with Crippen LogP contribution in [0.15, 0.2) is 78.7 Å². The third-order valence-corrected chi connectivity index (χ3v) is 6.14. The van der Waals surface area contributed by atoms with Crippen LogP contribution in [0.1, 0.15) is 38.8 Å². The molecule has 1 radical (unpaired) electrons. The summed E-state index contributed by atoms with van der Waals surface area (Å²) in [5.41, 5.74) is 5.36. The summed E-state index contributed by atoms with van der Waals surface area (Å²) in [6.07, 6.45) is 3.21. The van der Waals surface area contributed by atoms with Crippen LogP contribution in [0, 0.1) is 18.9 Å². The summed E-state index contributed by atoms with van der Waals surface area (Å²) in [7, 11) is 4.25. The molecule has 0 spiro atoms. The van der Waals surface area contributed by atoms with Gasteiger partial charge in [-0.1, -0.05) is 73.5 Å². The number of aromatic nitrogens is 1. The number of benzene rings is 3. The third-order valence-electron chi connectivity index (χ3n) is 6.14. The first-order valence-corrected chi connectivity index (χ1v) is 11.1. The summed E-state index contributed by atoms with van der Waals surface area (Å²) in [4.78, 5) is 10.0. The predicted molar refractivity (Wildman–Crippen MR) is 134 cm³/mol. The van der Waals surface area contributed by atoms with Gasteiger partial charge in [0.05, 0.1) is 12.0 Å². The Morgan fingerprint density at radius 1 is 1.09 bits per heavy atom. The Morgan fingerprint density at radius 2 is 1.77 bits per heavy atom. The number of aliphatic hydroxyl groups excluding tert-OH is 1. The number of carbonyl (C=O) groups excluding carboxylic acids is 1. The molecule has 0 bridgehead atoms. The van der Waals surface area contributed by atoms with Gasteiger partial charge in [-0.2, -0.15) is 0 Å². The van der Waals surface area contributed by atoms with E-state index >= 15 is 0 Å². The van der Waals surface area contributed by atoms with Gasteiger partial charge in [0.1, 0.15) is 5.69 Å². The Morgan fingerprint density at radius 3 is 2.37 bits per heavy atom. The van der Waals surface area contributed by atoms with Crippen molar-refractivity contribution in [1.29, 1.82) is 0 Å². The standard InChI is InChI=1S/C25H19FN.C5H8O2.Ir/c1-25(2)20-13-7-11-17-19(16-9-5-4-6-10-16)15-27(3)24(22(17)20)18-12-8-14-21(26)23(18)25;1-4(6)3-5(2)7;/h4-11,13-15H,3H2,1-2H3;3,6H,1-2H3;/q-1;;/b;4-3-;. The van der Waals surface area contributed by atoms with Crippen molar-refractivity contribution in [2.24, 2.45) is 0 Å². The van der Waals surface area contributed by atoms with E-state index in [0.717, 1.165) is 38.7 Å². The zero-order valence-electron chi connectivity index (χ0n) is 20.1. The second-order valence-electron chi connectivity index (χ2n) is 9.05. The molecule has 1 aromatic heterocycles. The van der Waals surface area contributed by atoms with Crippen LogP contribution in [0.5, 0.6) is 0 Å². The van der Waals surface area contributed by atoms with Crippen molar-refractivity contribution >= 4 is 16.6 Å². The van der Waals surface area contributed by atoms with E-state index in [4.69, 9.17) is 5.11 Å². The van der Waals surface area contributed by atoms with Crippen LogP contribution in [-0.2, 0) is 30.3 Å². The van der Waals surface area contributed by atoms with Gasteiger partial charge in [0.2, 0.25) is 0 Å². The van der Waals surface area contributed by atoms with Crippen molar-refractivity contribution < 1.29 is 39.0 Å². The van der Waals surface area contributed by atoms with Crippen LogP contribution in [0.3, 0.4) is 0 Å². The van der Waals surface area contributed by atoms with E-state index in [1.165, 1.54) is 26.0 Å². The molecule has 0 atom stereocenters. The summed E-state index contributed by atoms with van der Waals surface area (Å²) in [6.45, 7) is 7.02. The SMILES string of the molecule is CC(=O)/C=C(/C)O.[CH2-][n+]1cc(-c2ccccc2)c2cccc3c2c1-c1[c-]ccc(F)c1C3(C)C.[Ir]. The van der Waals surface area contributed by atoms with Crippen LogP contribution in [0.4, 0.5) is 4.39 Å². The van der Waals surface area contributed by atoms with Crippen LogP contribution in [0.2, 0.25) is 0 Å². The number of carbonyl (C=O) groups is 1. The quantitative estimate of drug-likeness (QED) is 0.114. The molecule has 3 nitrogen and oxygen atoms in total. The van der Waals surface area contributed by atoms with E-state index in [1.54, 1.807) is 6.07 Å². The smallest absolute Gasteiger partial charge is 0.155 e.